The highest BCUT2D eigenvalue weighted by atomic mass is 32.1. The van der Waals surface area contributed by atoms with Gasteiger partial charge in [-0.3, -0.25) is 0 Å². The second kappa shape index (κ2) is 5.27. The van der Waals surface area contributed by atoms with Gasteiger partial charge in [-0.05, 0) is 30.3 Å². The predicted molar refractivity (Wildman–Crippen MR) is 86.4 cm³/mol. The lowest BCUT2D eigenvalue weighted by atomic mass is 10.2. The molecule has 0 spiro atoms. The van der Waals surface area contributed by atoms with Crippen LogP contribution in [0.15, 0.2) is 63.8 Å². The Kier molecular flexibility index (Phi) is 3.12. The van der Waals surface area contributed by atoms with Crippen LogP contribution in [0.3, 0.4) is 0 Å². The monoisotopic (exact) mass is 309 g/mol. The van der Waals surface area contributed by atoms with E-state index in [1.165, 1.54) is 6.07 Å². The average molecular weight is 309 g/mol. The van der Waals surface area contributed by atoms with Crippen LogP contribution in [0.5, 0.6) is 5.75 Å². The molecule has 4 rings (SSSR count). The van der Waals surface area contributed by atoms with Crippen LogP contribution in [-0.4, -0.2) is 4.98 Å². The standard InChI is InChI=1S/C17H11NO3S/c19-17-8-6-11-5-7-12(9-14(11)21-17)20-10-16-18-13-3-1-2-4-15(13)22-16/h1-9H,10H2. The fourth-order valence-corrected chi connectivity index (χ4v) is 3.14. The summed E-state index contributed by atoms with van der Waals surface area (Å²) in [6.07, 6.45) is 0. The molecule has 108 valence electrons. The van der Waals surface area contributed by atoms with Crippen molar-refractivity contribution in [2.45, 2.75) is 6.61 Å². The molecule has 0 aliphatic carbocycles. The maximum absolute atomic E-state index is 11.3. The van der Waals surface area contributed by atoms with Gasteiger partial charge in [0, 0.05) is 17.5 Å². The van der Waals surface area contributed by atoms with Crippen molar-refractivity contribution in [2.24, 2.45) is 0 Å². The molecule has 0 fully saturated rings. The maximum atomic E-state index is 11.3. The van der Waals surface area contributed by atoms with E-state index in [2.05, 4.69) is 4.98 Å². The Morgan fingerprint density at radius 1 is 1.09 bits per heavy atom. The van der Waals surface area contributed by atoms with E-state index in [0.29, 0.717) is 17.9 Å². The van der Waals surface area contributed by atoms with Crippen molar-refractivity contribution in [3.8, 4) is 5.75 Å². The van der Waals surface area contributed by atoms with E-state index in [-0.39, 0.29) is 5.63 Å². The highest BCUT2D eigenvalue weighted by molar-refractivity contribution is 7.18. The number of hydrogen-bond acceptors (Lipinski definition) is 5. The molecule has 22 heavy (non-hydrogen) atoms. The molecule has 0 aliphatic rings. The Morgan fingerprint density at radius 3 is 2.86 bits per heavy atom. The number of thiazole rings is 1. The molecule has 0 unspecified atom stereocenters. The Bertz CT molecular complexity index is 986. The van der Waals surface area contributed by atoms with Crippen LogP contribution >= 0.6 is 11.3 Å². The summed E-state index contributed by atoms with van der Waals surface area (Å²) in [4.78, 5) is 15.8. The Hall–Kier alpha value is -2.66. The number of benzene rings is 2. The summed E-state index contributed by atoms with van der Waals surface area (Å²) in [7, 11) is 0. The van der Waals surface area contributed by atoms with Gasteiger partial charge in [-0.2, -0.15) is 0 Å². The smallest absolute Gasteiger partial charge is 0.336 e. The Labute approximate surface area is 129 Å². The van der Waals surface area contributed by atoms with Crippen molar-refractivity contribution in [3.05, 3.63) is 70.0 Å². The summed E-state index contributed by atoms with van der Waals surface area (Å²) in [6.45, 7) is 0.391. The van der Waals surface area contributed by atoms with Crippen LogP contribution in [0.1, 0.15) is 5.01 Å². The molecule has 4 aromatic rings. The molecule has 0 radical (unpaired) electrons. The minimum Gasteiger partial charge on any atom is -0.486 e. The minimum absolute atomic E-state index is 0.365. The molecule has 5 heteroatoms. The molecule has 0 atom stereocenters. The topological polar surface area (TPSA) is 52.3 Å². The first kappa shape index (κ1) is 13.0. The van der Waals surface area contributed by atoms with Crippen molar-refractivity contribution in [1.82, 2.24) is 4.98 Å². The van der Waals surface area contributed by atoms with E-state index in [0.717, 1.165) is 20.6 Å². The fraction of sp³-hybridized carbons (Fsp3) is 0.0588. The first-order chi connectivity index (χ1) is 10.8. The zero-order valence-electron chi connectivity index (χ0n) is 11.5. The van der Waals surface area contributed by atoms with Gasteiger partial charge in [0.05, 0.1) is 10.2 Å². The van der Waals surface area contributed by atoms with E-state index in [9.17, 15) is 4.79 Å². The highest BCUT2D eigenvalue weighted by Crippen LogP contribution is 2.24. The second-order valence-electron chi connectivity index (χ2n) is 4.82. The first-order valence-electron chi connectivity index (χ1n) is 6.79. The molecule has 0 saturated heterocycles. The number of para-hydroxylation sites is 1. The zero-order chi connectivity index (χ0) is 14.9. The number of fused-ring (bicyclic) bond motifs is 2. The third-order valence-corrected chi connectivity index (χ3v) is 4.30. The van der Waals surface area contributed by atoms with Crippen molar-refractivity contribution in [3.63, 3.8) is 0 Å². The maximum Gasteiger partial charge on any atom is 0.336 e. The van der Waals surface area contributed by atoms with Gasteiger partial charge >= 0.3 is 5.63 Å². The lowest BCUT2D eigenvalue weighted by molar-refractivity contribution is 0.305. The van der Waals surface area contributed by atoms with E-state index >= 15 is 0 Å². The quantitative estimate of drug-likeness (QED) is 0.537. The minimum atomic E-state index is -0.365. The molecule has 0 aliphatic heterocycles. The first-order valence-corrected chi connectivity index (χ1v) is 7.61. The Balaban J connectivity index is 1.59. The lowest BCUT2D eigenvalue weighted by Gasteiger charge is -2.04. The summed E-state index contributed by atoms with van der Waals surface area (Å²) in [6, 6.07) is 16.6. The van der Waals surface area contributed by atoms with Gasteiger partial charge < -0.3 is 9.15 Å². The van der Waals surface area contributed by atoms with Crippen LogP contribution in [0, 0.1) is 0 Å². The summed E-state index contributed by atoms with van der Waals surface area (Å²) >= 11 is 1.61. The van der Waals surface area contributed by atoms with Gasteiger partial charge in [0.1, 0.15) is 22.9 Å². The summed E-state index contributed by atoms with van der Waals surface area (Å²) in [5.41, 5.74) is 1.14. The molecule has 2 aromatic carbocycles. The predicted octanol–water partition coefficient (Wildman–Crippen LogP) is 3.98. The molecule has 2 heterocycles. The molecular weight excluding hydrogens is 298 g/mol. The summed E-state index contributed by atoms with van der Waals surface area (Å²) < 4.78 is 12.1. The number of ether oxygens (including phenoxy) is 1. The third-order valence-electron chi connectivity index (χ3n) is 3.30. The fourth-order valence-electron chi connectivity index (χ4n) is 2.26. The van der Waals surface area contributed by atoms with Crippen molar-refractivity contribution in [2.75, 3.05) is 0 Å². The molecule has 0 N–H and O–H groups in total. The van der Waals surface area contributed by atoms with Gasteiger partial charge in [0.2, 0.25) is 0 Å². The lowest BCUT2D eigenvalue weighted by Crippen LogP contribution is -1.96. The number of nitrogens with zero attached hydrogens (tertiary/aromatic N) is 1. The van der Waals surface area contributed by atoms with Crippen LogP contribution in [0.4, 0.5) is 0 Å². The molecule has 2 aromatic heterocycles. The van der Waals surface area contributed by atoms with Gasteiger partial charge in [-0.15, -0.1) is 11.3 Å². The van der Waals surface area contributed by atoms with Crippen LogP contribution in [-0.2, 0) is 6.61 Å². The number of hydrogen-bond donors (Lipinski definition) is 0. The van der Waals surface area contributed by atoms with E-state index in [4.69, 9.17) is 9.15 Å². The SMILES string of the molecule is O=c1ccc2ccc(OCc3nc4ccccc4s3)cc2o1. The number of aromatic nitrogens is 1. The largest absolute Gasteiger partial charge is 0.486 e. The number of rotatable bonds is 3. The molecule has 0 saturated carbocycles. The van der Waals surface area contributed by atoms with Gasteiger partial charge in [0.15, 0.2) is 0 Å². The molecule has 0 bridgehead atoms. The van der Waals surface area contributed by atoms with Crippen LogP contribution in [0.25, 0.3) is 21.2 Å². The van der Waals surface area contributed by atoms with Gasteiger partial charge in [-0.1, -0.05) is 12.1 Å². The highest BCUT2D eigenvalue weighted by Gasteiger charge is 2.05. The third kappa shape index (κ3) is 2.46. The van der Waals surface area contributed by atoms with E-state index in [1.54, 1.807) is 23.5 Å². The molecule has 4 nitrogen and oxygen atoms in total. The van der Waals surface area contributed by atoms with Gasteiger partial charge in [-0.25, -0.2) is 9.78 Å². The van der Waals surface area contributed by atoms with Crippen LogP contribution in [0.2, 0.25) is 0 Å². The van der Waals surface area contributed by atoms with Crippen molar-refractivity contribution < 1.29 is 9.15 Å². The van der Waals surface area contributed by atoms with E-state index < -0.39 is 0 Å². The second-order valence-corrected chi connectivity index (χ2v) is 5.93. The summed E-state index contributed by atoms with van der Waals surface area (Å²) in [5, 5.41) is 1.78. The van der Waals surface area contributed by atoms with Crippen molar-refractivity contribution in [1.29, 1.82) is 0 Å². The molecule has 0 amide bonds. The molecular formula is C17H11NO3S. The normalized spacial score (nSPS) is 11.1. The summed E-state index contributed by atoms with van der Waals surface area (Å²) in [5.74, 6) is 0.654. The zero-order valence-corrected chi connectivity index (χ0v) is 12.3. The van der Waals surface area contributed by atoms with Crippen LogP contribution < -0.4 is 10.4 Å². The Morgan fingerprint density at radius 2 is 1.95 bits per heavy atom. The van der Waals surface area contributed by atoms with Gasteiger partial charge in [0.25, 0.3) is 0 Å². The van der Waals surface area contributed by atoms with Crippen molar-refractivity contribution >= 4 is 32.5 Å². The van der Waals surface area contributed by atoms with E-state index in [1.807, 2.05) is 36.4 Å². The average Bonchev–Trinajstić information content (AvgIpc) is 2.95.